The Bertz CT molecular complexity index is 938. The lowest BCUT2D eigenvalue weighted by Crippen LogP contribution is -2.34. The first-order valence-electron chi connectivity index (χ1n) is 8.90. The molecule has 7 heteroatoms. The first-order valence-corrected chi connectivity index (χ1v) is 8.90. The Labute approximate surface area is 163 Å². The van der Waals surface area contributed by atoms with Gasteiger partial charge in [0.2, 0.25) is 5.88 Å². The summed E-state index contributed by atoms with van der Waals surface area (Å²) in [5, 5.41) is 20.2. The van der Waals surface area contributed by atoms with E-state index in [-0.39, 0.29) is 25.0 Å². The lowest BCUT2D eigenvalue weighted by molar-refractivity contribution is -0.137. The highest BCUT2D eigenvalue weighted by atomic mass is 16.5. The molecule has 0 radical (unpaired) electrons. The van der Waals surface area contributed by atoms with E-state index in [2.05, 4.69) is 11.5 Å². The quantitative estimate of drug-likeness (QED) is 0.810. The number of methoxy groups -OCH3 is 1. The maximum absolute atomic E-state index is 13.0. The van der Waals surface area contributed by atoms with Crippen LogP contribution in [-0.2, 0) is 14.3 Å². The van der Waals surface area contributed by atoms with Crippen molar-refractivity contribution in [2.75, 3.05) is 14.2 Å². The number of allylic oxidation sites excluding steroid dienone is 4. The van der Waals surface area contributed by atoms with Crippen molar-refractivity contribution in [2.45, 2.75) is 19.3 Å². The maximum atomic E-state index is 13.0. The van der Waals surface area contributed by atoms with Gasteiger partial charge in [-0.25, -0.2) is 0 Å². The van der Waals surface area contributed by atoms with Crippen LogP contribution in [0.25, 0.3) is 5.57 Å². The van der Waals surface area contributed by atoms with Crippen molar-refractivity contribution in [2.24, 2.45) is 5.92 Å². The second-order valence-electron chi connectivity index (χ2n) is 6.65. The van der Waals surface area contributed by atoms with Crippen molar-refractivity contribution >= 4 is 17.3 Å². The largest absolute Gasteiger partial charge is 0.481 e. The van der Waals surface area contributed by atoms with Gasteiger partial charge in [-0.15, -0.1) is 0 Å². The summed E-state index contributed by atoms with van der Waals surface area (Å²) in [4.78, 5) is 24.3. The molecule has 144 valence electrons. The van der Waals surface area contributed by atoms with Crippen LogP contribution in [0.2, 0.25) is 0 Å². The molecule has 0 bridgehead atoms. The SMILES string of the molecule is COC1=C(c2ccccc2)C(CCC(=O)O)C2=C(C=C(C#N)CC2=O)N(C)N1. The Morgan fingerprint density at radius 1 is 1.36 bits per heavy atom. The standard InChI is InChI=1S/C21H21N3O4/c1-24-16-10-13(12-22)11-17(25)20(16)15(8-9-18(26)27)19(21(23-24)28-2)14-6-4-3-5-7-14/h3-7,10,15,23H,8-9,11H2,1-2H3,(H,26,27). The molecule has 2 aliphatic rings. The molecule has 1 aliphatic heterocycles. The monoisotopic (exact) mass is 379 g/mol. The maximum Gasteiger partial charge on any atom is 0.303 e. The number of rotatable bonds is 5. The van der Waals surface area contributed by atoms with Gasteiger partial charge in [0.05, 0.1) is 18.9 Å². The van der Waals surface area contributed by atoms with Gasteiger partial charge in [0.15, 0.2) is 5.78 Å². The van der Waals surface area contributed by atoms with Crippen LogP contribution in [0.5, 0.6) is 0 Å². The number of likely N-dealkylation sites (N-methyl/N-ethyl adjacent to an activating group) is 1. The zero-order valence-corrected chi connectivity index (χ0v) is 15.7. The van der Waals surface area contributed by atoms with E-state index in [1.54, 1.807) is 18.1 Å². The zero-order valence-electron chi connectivity index (χ0n) is 15.7. The topological polar surface area (TPSA) is 103 Å². The zero-order chi connectivity index (χ0) is 20.3. The van der Waals surface area contributed by atoms with Gasteiger partial charge in [0, 0.05) is 42.5 Å². The third kappa shape index (κ3) is 3.62. The lowest BCUT2D eigenvalue weighted by atomic mass is 9.78. The fourth-order valence-corrected chi connectivity index (χ4v) is 3.66. The van der Waals surface area contributed by atoms with Crippen LogP contribution < -0.4 is 5.43 Å². The predicted octanol–water partition coefficient (Wildman–Crippen LogP) is 2.61. The van der Waals surface area contributed by atoms with E-state index in [1.807, 2.05) is 30.3 Å². The van der Waals surface area contributed by atoms with Crippen LogP contribution >= 0.6 is 0 Å². The van der Waals surface area contributed by atoms with Crippen molar-refractivity contribution in [1.82, 2.24) is 10.4 Å². The van der Waals surface area contributed by atoms with Crippen molar-refractivity contribution in [3.05, 3.63) is 64.7 Å². The second kappa shape index (κ2) is 8.01. The van der Waals surface area contributed by atoms with E-state index in [9.17, 15) is 20.0 Å². The molecule has 1 aromatic carbocycles. The average Bonchev–Trinajstić information content (AvgIpc) is 2.81. The van der Waals surface area contributed by atoms with E-state index in [4.69, 9.17) is 4.74 Å². The molecule has 7 nitrogen and oxygen atoms in total. The molecule has 0 saturated carbocycles. The Morgan fingerprint density at radius 2 is 2.07 bits per heavy atom. The van der Waals surface area contributed by atoms with Gasteiger partial charge in [-0.05, 0) is 18.1 Å². The van der Waals surface area contributed by atoms with Gasteiger partial charge < -0.3 is 9.84 Å². The summed E-state index contributed by atoms with van der Waals surface area (Å²) in [6.07, 6.45) is 1.83. The number of ketones is 1. The number of nitriles is 1. The summed E-state index contributed by atoms with van der Waals surface area (Å²) in [7, 11) is 3.26. The first-order chi connectivity index (χ1) is 13.5. The van der Waals surface area contributed by atoms with Gasteiger partial charge in [-0.1, -0.05) is 30.3 Å². The summed E-state index contributed by atoms with van der Waals surface area (Å²) in [5.41, 5.74) is 6.14. The molecule has 0 aromatic heterocycles. The first kappa shape index (κ1) is 19.2. The van der Waals surface area contributed by atoms with Crippen molar-refractivity contribution in [1.29, 1.82) is 5.26 Å². The number of nitrogens with zero attached hydrogens (tertiary/aromatic N) is 2. The van der Waals surface area contributed by atoms with E-state index in [0.29, 0.717) is 22.7 Å². The summed E-state index contributed by atoms with van der Waals surface area (Å²) in [6.45, 7) is 0. The number of hydrazine groups is 1. The molecule has 2 N–H and O–H groups in total. The fraction of sp³-hybridized carbons (Fsp3) is 0.286. The highest BCUT2D eigenvalue weighted by Gasteiger charge is 2.37. The molecular weight excluding hydrogens is 358 g/mol. The third-order valence-corrected chi connectivity index (χ3v) is 4.89. The Balaban J connectivity index is 2.24. The van der Waals surface area contributed by atoms with Crippen molar-refractivity contribution in [3.63, 3.8) is 0 Å². The smallest absolute Gasteiger partial charge is 0.303 e. The van der Waals surface area contributed by atoms with E-state index >= 15 is 0 Å². The van der Waals surface area contributed by atoms with Crippen LogP contribution in [0.15, 0.2) is 59.1 Å². The van der Waals surface area contributed by atoms with Gasteiger partial charge in [0.1, 0.15) is 0 Å². The van der Waals surface area contributed by atoms with E-state index < -0.39 is 11.9 Å². The molecule has 28 heavy (non-hydrogen) atoms. The van der Waals surface area contributed by atoms with Crippen LogP contribution in [0.3, 0.4) is 0 Å². The number of Topliss-reactive ketones (excluding diaryl/α,β-unsaturated/α-hetero) is 1. The molecule has 0 amide bonds. The van der Waals surface area contributed by atoms with Crippen LogP contribution in [-0.4, -0.2) is 36.0 Å². The number of carboxylic acid groups (broad SMARTS) is 1. The summed E-state index contributed by atoms with van der Waals surface area (Å²) in [6, 6.07) is 11.5. The molecule has 1 aliphatic carbocycles. The predicted molar refractivity (Wildman–Crippen MR) is 102 cm³/mol. The summed E-state index contributed by atoms with van der Waals surface area (Å²) >= 11 is 0. The highest BCUT2D eigenvalue weighted by molar-refractivity contribution is 6.03. The molecule has 1 aromatic rings. The Morgan fingerprint density at radius 3 is 2.68 bits per heavy atom. The van der Waals surface area contributed by atoms with Gasteiger partial charge >= 0.3 is 5.97 Å². The Hall–Kier alpha value is -3.53. The van der Waals surface area contributed by atoms with Crippen LogP contribution in [0.1, 0.15) is 24.8 Å². The molecule has 0 saturated heterocycles. The molecule has 0 spiro atoms. The normalized spacial score (nSPS) is 19.3. The molecular formula is C21H21N3O4. The summed E-state index contributed by atoms with van der Waals surface area (Å²) in [5.74, 6) is -1.15. The lowest BCUT2D eigenvalue weighted by Gasteiger charge is -2.27. The molecule has 3 rings (SSSR count). The molecule has 1 atom stereocenters. The van der Waals surface area contributed by atoms with Crippen LogP contribution in [0, 0.1) is 17.2 Å². The highest BCUT2D eigenvalue weighted by Crippen LogP contribution is 2.41. The van der Waals surface area contributed by atoms with E-state index in [0.717, 1.165) is 11.1 Å². The Kier molecular flexibility index (Phi) is 5.50. The number of carboxylic acids is 1. The van der Waals surface area contributed by atoms with Crippen molar-refractivity contribution in [3.8, 4) is 6.07 Å². The van der Waals surface area contributed by atoms with Gasteiger partial charge in [0.25, 0.3) is 0 Å². The number of aliphatic carboxylic acids is 1. The summed E-state index contributed by atoms with van der Waals surface area (Å²) < 4.78 is 5.60. The number of benzene rings is 1. The van der Waals surface area contributed by atoms with Gasteiger partial charge in [-0.3, -0.25) is 20.0 Å². The minimum absolute atomic E-state index is 0.0110. The van der Waals surface area contributed by atoms with Gasteiger partial charge in [-0.2, -0.15) is 5.26 Å². The van der Waals surface area contributed by atoms with Crippen LogP contribution in [0.4, 0.5) is 0 Å². The molecule has 0 fully saturated rings. The number of hydrogen-bond donors (Lipinski definition) is 2. The number of hydrogen-bond acceptors (Lipinski definition) is 6. The molecule has 1 unspecified atom stereocenters. The number of nitrogens with one attached hydrogen (secondary N) is 1. The second-order valence-corrected chi connectivity index (χ2v) is 6.65. The number of carbonyl (C=O) groups is 2. The number of carbonyl (C=O) groups excluding carboxylic acids is 1. The average molecular weight is 379 g/mol. The fourth-order valence-electron chi connectivity index (χ4n) is 3.66. The minimum atomic E-state index is -0.935. The number of ether oxygens (including phenoxy) is 1. The molecule has 1 heterocycles. The third-order valence-electron chi connectivity index (χ3n) is 4.89. The van der Waals surface area contributed by atoms with E-state index in [1.165, 1.54) is 7.11 Å². The minimum Gasteiger partial charge on any atom is -0.481 e. The van der Waals surface area contributed by atoms with Crippen molar-refractivity contribution < 1.29 is 19.4 Å².